The van der Waals surface area contributed by atoms with E-state index in [4.69, 9.17) is 4.74 Å². The lowest BCUT2D eigenvalue weighted by atomic mass is 10.2. The van der Waals surface area contributed by atoms with Gasteiger partial charge in [-0.15, -0.1) is 0 Å². The van der Waals surface area contributed by atoms with Crippen molar-refractivity contribution in [1.29, 1.82) is 0 Å². The molecular formula is C12H21NO5. The number of nitrogens with one attached hydrogen (secondary N) is 1. The van der Waals surface area contributed by atoms with Gasteiger partial charge in [-0.1, -0.05) is 0 Å². The fourth-order valence-electron chi connectivity index (χ4n) is 1.10. The van der Waals surface area contributed by atoms with Crippen LogP contribution in [0.1, 0.15) is 40.0 Å². The third kappa shape index (κ3) is 10.9. The summed E-state index contributed by atoms with van der Waals surface area (Å²) in [6.07, 6.45) is 1.54. The Morgan fingerprint density at radius 2 is 1.89 bits per heavy atom. The predicted molar refractivity (Wildman–Crippen MR) is 65.1 cm³/mol. The molecule has 6 heteroatoms. The molecule has 0 spiro atoms. The highest BCUT2D eigenvalue weighted by molar-refractivity contribution is 5.71. The summed E-state index contributed by atoms with van der Waals surface area (Å²) in [5, 5.41) is 2.59. The molecule has 0 aliphatic carbocycles. The molecule has 0 aliphatic rings. The van der Waals surface area contributed by atoms with Crippen LogP contribution in [0.2, 0.25) is 0 Å². The highest BCUT2D eigenvalue weighted by atomic mass is 16.6. The summed E-state index contributed by atoms with van der Waals surface area (Å²) in [6.45, 7) is 5.60. The minimum absolute atomic E-state index is 0.199. The topological polar surface area (TPSA) is 81.7 Å². The van der Waals surface area contributed by atoms with Crippen LogP contribution in [0.4, 0.5) is 4.79 Å². The number of ether oxygens (including phenoxy) is 2. The van der Waals surface area contributed by atoms with Crippen LogP contribution in [0, 0.1) is 0 Å². The third-order valence-electron chi connectivity index (χ3n) is 1.79. The fraction of sp³-hybridized carbons (Fsp3) is 0.750. The Bertz CT molecular complexity index is 283. The maximum absolute atomic E-state index is 11.2. The van der Waals surface area contributed by atoms with Crippen LogP contribution in [-0.4, -0.2) is 37.1 Å². The molecule has 0 saturated carbocycles. The SMILES string of the molecule is CC(C)(C)OC(=O)NCCCCC(=O)OCC=O. The van der Waals surface area contributed by atoms with Crippen LogP contribution < -0.4 is 5.32 Å². The summed E-state index contributed by atoms with van der Waals surface area (Å²) in [5.41, 5.74) is -0.511. The number of alkyl carbamates (subject to hydrolysis) is 1. The third-order valence-corrected chi connectivity index (χ3v) is 1.79. The summed E-state index contributed by atoms with van der Waals surface area (Å²) in [7, 11) is 0. The molecule has 6 nitrogen and oxygen atoms in total. The zero-order valence-corrected chi connectivity index (χ0v) is 11.2. The molecule has 0 radical (unpaired) electrons. The van der Waals surface area contributed by atoms with Gasteiger partial charge in [-0.2, -0.15) is 0 Å². The van der Waals surface area contributed by atoms with E-state index in [1.807, 2.05) is 0 Å². The molecule has 0 aliphatic heterocycles. The minimum atomic E-state index is -0.511. The maximum atomic E-state index is 11.2. The van der Waals surface area contributed by atoms with E-state index < -0.39 is 17.7 Å². The van der Waals surface area contributed by atoms with Gasteiger partial charge in [0.2, 0.25) is 0 Å². The minimum Gasteiger partial charge on any atom is -0.458 e. The molecule has 0 saturated heterocycles. The average molecular weight is 259 g/mol. The van der Waals surface area contributed by atoms with Crippen molar-refractivity contribution in [3.8, 4) is 0 Å². The maximum Gasteiger partial charge on any atom is 0.407 e. The van der Waals surface area contributed by atoms with Crippen molar-refractivity contribution in [3.05, 3.63) is 0 Å². The highest BCUT2D eigenvalue weighted by Gasteiger charge is 2.15. The van der Waals surface area contributed by atoms with Gasteiger partial charge in [-0.3, -0.25) is 9.59 Å². The molecule has 0 fully saturated rings. The molecule has 18 heavy (non-hydrogen) atoms. The normalized spacial score (nSPS) is 10.6. The molecule has 0 heterocycles. The van der Waals surface area contributed by atoms with Crippen molar-refractivity contribution in [3.63, 3.8) is 0 Å². The first-order chi connectivity index (χ1) is 8.35. The number of aldehydes is 1. The Morgan fingerprint density at radius 3 is 2.44 bits per heavy atom. The lowest BCUT2D eigenvalue weighted by Crippen LogP contribution is -2.33. The largest absolute Gasteiger partial charge is 0.458 e. The van der Waals surface area contributed by atoms with Gasteiger partial charge >= 0.3 is 12.1 Å². The van der Waals surface area contributed by atoms with Crippen molar-refractivity contribution in [1.82, 2.24) is 5.32 Å². The van der Waals surface area contributed by atoms with Crippen LogP contribution in [-0.2, 0) is 19.1 Å². The van der Waals surface area contributed by atoms with Crippen molar-refractivity contribution in [2.75, 3.05) is 13.2 Å². The summed E-state index contributed by atoms with van der Waals surface area (Å²) >= 11 is 0. The molecule has 104 valence electrons. The van der Waals surface area contributed by atoms with Crippen LogP contribution in [0.15, 0.2) is 0 Å². The van der Waals surface area contributed by atoms with Gasteiger partial charge in [0.1, 0.15) is 12.2 Å². The smallest absolute Gasteiger partial charge is 0.407 e. The molecule has 0 aromatic heterocycles. The molecule has 0 atom stereocenters. The summed E-state index contributed by atoms with van der Waals surface area (Å²) in [5.74, 6) is -0.403. The van der Waals surface area contributed by atoms with E-state index in [2.05, 4.69) is 10.1 Å². The second-order valence-corrected chi connectivity index (χ2v) is 4.74. The Kier molecular flexibility index (Phi) is 7.74. The first-order valence-corrected chi connectivity index (χ1v) is 5.91. The van der Waals surface area contributed by atoms with Crippen molar-refractivity contribution < 1.29 is 23.9 Å². The molecule has 0 aromatic rings. The zero-order chi connectivity index (χ0) is 14.0. The van der Waals surface area contributed by atoms with Gasteiger partial charge in [-0.05, 0) is 33.6 Å². The Labute approximate surface area is 107 Å². The zero-order valence-electron chi connectivity index (χ0n) is 11.2. The van der Waals surface area contributed by atoms with E-state index in [0.29, 0.717) is 25.7 Å². The lowest BCUT2D eigenvalue weighted by molar-refractivity contribution is -0.145. The summed E-state index contributed by atoms with van der Waals surface area (Å²) in [6, 6.07) is 0. The summed E-state index contributed by atoms with van der Waals surface area (Å²) < 4.78 is 9.60. The number of rotatable bonds is 7. The number of carbonyl (C=O) groups excluding carboxylic acids is 3. The van der Waals surface area contributed by atoms with E-state index in [9.17, 15) is 14.4 Å². The van der Waals surface area contributed by atoms with Crippen molar-refractivity contribution in [2.45, 2.75) is 45.6 Å². The van der Waals surface area contributed by atoms with Gasteiger partial charge < -0.3 is 14.8 Å². The Balaban J connectivity index is 3.48. The van der Waals surface area contributed by atoms with E-state index in [1.54, 1.807) is 20.8 Å². The van der Waals surface area contributed by atoms with Crippen molar-refractivity contribution in [2.24, 2.45) is 0 Å². The molecule has 1 N–H and O–H groups in total. The quantitative estimate of drug-likeness (QED) is 0.425. The van der Waals surface area contributed by atoms with E-state index in [-0.39, 0.29) is 13.0 Å². The average Bonchev–Trinajstić information content (AvgIpc) is 2.23. The molecule has 0 aromatic carbocycles. The number of esters is 1. The number of hydrogen-bond donors (Lipinski definition) is 1. The number of carbonyl (C=O) groups is 3. The van der Waals surface area contributed by atoms with Gasteiger partial charge in [0, 0.05) is 13.0 Å². The van der Waals surface area contributed by atoms with Crippen LogP contribution >= 0.6 is 0 Å². The molecule has 0 bridgehead atoms. The van der Waals surface area contributed by atoms with E-state index in [0.717, 1.165) is 0 Å². The van der Waals surface area contributed by atoms with Gasteiger partial charge in [0.15, 0.2) is 6.29 Å². The highest BCUT2D eigenvalue weighted by Crippen LogP contribution is 2.06. The second kappa shape index (κ2) is 8.49. The van der Waals surface area contributed by atoms with Crippen LogP contribution in [0.25, 0.3) is 0 Å². The second-order valence-electron chi connectivity index (χ2n) is 4.74. The molecule has 0 unspecified atom stereocenters. The van der Waals surface area contributed by atoms with Gasteiger partial charge in [0.05, 0.1) is 0 Å². The Hall–Kier alpha value is -1.59. The van der Waals surface area contributed by atoms with E-state index >= 15 is 0 Å². The first kappa shape index (κ1) is 16.4. The summed E-state index contributed by atoms with van der Waals surface area (Å²) in [4.78, 5) is 32.2. The van der Waals surface area contributed by atoms with Gasteiger partial charge in [0.25, 0.3) is 0 Å². The van der Waals surface area contributed by atoms with Crippen LogP contribution in [0.5, 0.6) is 0 Å². The van der Waals surface area contributed by atoms with Crippen molar-refractivity contribution >= 4 is 18.3 Å². The molecular weight excluding hydrogens is 238 g/mol. The molecule has 1 amide bonds. The fourth-order valence-corrected chi connectivity index (χ4v) is 1.10. The van der Waals surface area contributed by atoms with Crippen LogP contribution in [0.3, 0.4) is 0 Å². The first-order valence-electron chi connectivity index (χ1n) is 5.91. The lowest BCUT2D eigenvalue weighted by Gasteiger charge is -2.19. The van der Waals surface area contributed by atoms with E-state index in [1.165, 1.54) is 0 Å². The number of amides is 1. The predicted octanol–water partition coefficient (Wildman–Crippen LogP) is 1.42. The molecule has 0 rings (SSSR count). The number of hydrogen-bond acceptors (Lipinski definition) is 5. The Morgan fingerprint density at radius 1 is 1.22 bits per heavy atom. The standard InChI is InChI=1S/C12H21NO5/c1-12(2,3)18-11(16)13-7-5-4-6-10(15)17-9-8-14/h8H,4-7,9H2,1-3H3,(H,13,16). The van der Waals surface area contributed by atoms with Gasteiger partial charge in [-0.25, -0.2) is 4.79 Å². The number of unbranched alkanes of at least 4 members (excludes halogenated alkanes) is 1. The monoisotopic (exact) mass is 259 g/mol.